The summed E-state index contributed by atoms with van der Waals surface area (Å²) in [6.07, 6.45) is 0.343. The Kier molecular flexibility index (Phi) is 5.95. The molecule has 1 aromatic carbocycles. The average molecular weight is 375 g/mol. The number of carbonyl (C=O) groups is 3. The molecule has 0 aromatic heterocycles. The summed E-state index contributed by atoms with van der Waals surface area (Å²) in [4.78, 5) is 40.5. The van der Waals surface area contributed by atoms with E-state index in [1.54, 1.807) is 16.8 Å². The molecule has 2 aliphatic rings. The van der Waals surface area contributed by atoms with E-state index < -0.39 is 11.6 Å². The van der Waals surface area contributed by atoms with Gasteiger partial charge in [-0.2, -0.15) is 0 Å². The average Bonchev–Trinajstić information content (AvgIpc) is 2.72. The van der Waals surface area contributed by atoms with Crippen LogP contribution in [0, 0.1) is 0 Å². The summed E-state index contributed by atoms with van der Waals surface area (Å²) in [5.41, 5.74) is -0.0206. The van der Waals surface area contributed by atoms with E-state index >= 15 is 0 Å². The van der Waals surface area contributed by atoms with E-state index in [1.807, 2.05) is 30.3 Å². The van der Waals surface area contributed by atoms with Crippen molar-refractivity contribution in [1.82, 2.24) is 15.1 Å². The maximum atomic E-state index is 12.6. The molecule has 2 saturated heterocycles. The van der Waals surface area contributed by atoms with Gasteiger partial charge in [0.1, 0.15) is 18.8 Å². The highest BCUT2D eigenvalue weighted by atomic mass is 16.6. The fourth-order valence-corrected chi connectivity index (χ4v) is 3.69. The normalized spacial score (nSPS) is 19.5. The first-order chi connectivity index (χ1) is 13.1. The van der Waals surface area contributed by atoms with Crippen molar-refractivity contribution in [1.29, 1.82) is 0 Å². The molecule has 0 unspecified atom stereocenters. The molecule has 0 radical (unpaired) electrons. The van der Waals surface area contributed by atoms with Crippen LogP contribution in [0.2, 0.25) is 0 Å². The molecule has 1 N–H and O–H groups in total. The standard InChI is InChI=1S/C19H25N3O5/c1-20-17(24)19(22-11-12-26-14-16(22)23)7-9-21(10-8-19)18(25)27-13-15-5-3-2-4-6-15/h2-6H,7-14H2,1H3,(H,20,24). The quantitative estimate of drug-likeness (QED) is 0.840. The number of rotatable bonds is 4. The summed E-state index contributed by atoms with van der Waals surface area (Å²) in [5.74, 6) is -0.389. The minimum Gasteiger partial charge on any atom is -0.445 e. The minimum atomic E-state index is -0.939. The Labute approximate surface area is 158 Å². The van der Waals surface area contributed by atoms with Crippen LogP contribution in [0.4, 0.5) is 4.79 Å². The van der Waals surface area contributed by atoms with Crippen LogP contribution < -0.4 is 5.32 Å². The number of ether oxygens (including phenoxy) is 2. The number of carbonyl (C=O) groups excluding carboxylic acids is 3. The summed E-state index contributed by atoms with van der Waals surface area (Å²) >= 11 is 0. The van der Waals surface area contributed by atoms with Crippen LogP contribution in [0.25, 0.3) is 0 Å². The monoisotopic (exact) mass is 375 g/mol. The first-order valence-electron chi connectivity index (χ1n) is 9.13. The Bertz CT molecular complexity index is 686. The maximum absolute atomic E-state index is 12.6. The lowest BCUT2D eigenvalue weighted by Gasteiger charge is -2.48. The van der Waals surface area contributed by atoms with Crippen LogP contribution in [0.1, 0.15) is 18.4 Å². The van der Waals surface area contributed by atoms with Crippen molar-refractivity contribution in [3.63, 3.8) is 0 Å². The van der Waals surface area contributed by atoms with Crippen LogP contribution in [0.5, 0.6) is 0 Å². The molecule has 0 saturated carbocycles. The number of hydrogen-bond acceptors (Lipinski definition) is 5. The van der Waals surface area contributed by atoms with Crippen molar-refractivity contribution in [3.8, 4) is 0 Å². The van der Waals surface area contributed by atoms with Crippen LogP contribution in [0.15, 0.2) is 30.3 Å². The second kappa shape index (κ2) is 8.39. The SMILES string of the molecule is CNC(=O)C1(N2CCOCC2=O)CCN(C(=O)OCc2ccccc2)CC1. The zero-order chi connectivity index (χ0) is 19.3. The summed E-state index contributed by atoms with van der Waals surface area (Å²) in [7, 11) is 1.56. The zero-order valence-corrected chi connectivity index (χ0v) is 15.5. The van der Waals surface area contributed by atoms with Crippen molar-refractivity contribution < 1.29 is 23.9 Å². The highest BCUT2D eigenvalue weighted by Crippen LogP contribution is 2.31. The molecule has 8 nitrogen and oxygen atoms in total. The maximum Gasteiger partial charge on any atom is 0.410 e. The molecule has 3 rings (SSSR count). The van der Waals surface area contributed by atoms with Gasteiger partial charge in [0.25, 0.3) is 0 Å². The van der Waals surface area contributed by atoms with Gasteiger partial charge in [-0.1, -0.05) is 30.3 Å². The number of hydrogen-bond donors (Lipinski definition) is 1. The first-order valence-corrected chi connectivity index (χ1v) is 9.13. The van der Waals surface area contributed by atoms with Crippen LogP contribution >= 0.6 is 0 Å². The van der Waals surface area contributed by atoms with E-state index in [4.69, 9.17) is 9.47 Å². The smallest absolute Gasteiger partial charge is 0.410 e. The topological polar surface area (TPSA) is 88.2 Å². The molecule has 0 spiro atoms. The van der Waals surface area contributed by atoms with E-state index in [9.17, 15) is 14.4 Å². The molecule has 1 aromatic rings. The predicted octanol–water partition coefficient (Wildman–Crippen LogP) is 0.763. The Morgan fingerprint density at radius 2 is 1.89 bits per heavy atom. The second-order valence-corrected chi connectivity index (χ2v) is 6.74. The highest BCUT2D eigenvalue weighted by molar-refractivity contribution is 5.92. The number of amides is 3. The lowest BCUT2D eigenvalue weighted by molar-refractivity contribution is -0.161. The number of benzene rings is 1. The third-order valence-corrected chi connectivity index (χ3v) is 5.21. The molecule has 3 amide bonds. The van der Waals surface area contributed by atoms with Crippen molar-refractivity contribution in [3.05, 3.63) is 35.9 Å². The summed E-state index contributed by atoms with van der Waals surface area (Å²) in [6.45, 7) is 1.69. The van der Waals surface area contributed by atoms with Crippen molar-refractivity contribution in [2.45, 2.75) is 25.0 Å². The van der Waals surface area contributed by atoms with Gasteiger partial charge in [0, 0.05) is 26.7 Å². The van der Waals surface area contributed by atoms with Gasteiger partial charge in [-0.15, -0.1) is 0 Å². The van der Waals surface area contributed by atoms with Crippen LogP contribution in [-0.2, 0) is 25.7 Å². The minimum absolute atomic E-state index is 0.0123. The zero-order valence-electron chi connectivity index (χ0n) is 15.5. The van der Waals surface area contributed by atoms with Gasteiger partial charge < -0.3 is 24.6 Å². The lowest BCUT2D eigenvalue weighted by Crippen LogP contribution is -2.66. The number of nitrogens with one attached hydrogen (secondary N) is 1. The first kappa shape index (κ1) is 19.2. The largest absolute Gasteiger partial charge is 0.445 e. The van der Waals surface area contributed by atoms with Gasteiger partial charge in [-0.25, -0.2) is 4.79 Å². The van der Waals surface area contributed by atoms with Crippen molar-refractivity contribution in [2.24, 2.45) is 0 Å². The van der Waals surface area contributed by atoms with E-state index in [0.29, 0.717) is 39.1 Å². The van der Waals surface area contributed by atoms with Gasteiger partial charge in [0.2, 0.25) is 11.8 Å². The molecular weight excluding hydrogens is 350 g/mol. The van der Waals surface area contributed by atoms with Gasteiger partial charge in [-0.05, 0) is 18.4 Å². The third-order valence-electron chi connectivity index (χ3n) is 5.21. The van der Waals surface area contributed by atoms with Crippen LogP contribution in [-0.4, -0.2) is 73.1 Å². The Hall–Kier alpha value is -2.61. The van der Waals surface area contributed by atoms with Gasteiger partial charge in [0.05, 0.1) is 6.61 Å². The fraction of sp³-hybridized carbons (Fsp3) is 0.526. The Morgan fingerprint density at radius 1 is 1.19 bits per heavy atom. The molecule has 8 heteroatoms. The summed E-state index contributed by atoms with van der Waals surface area (Å²) in [5, 5.41) is 2.68. The lowest BCUT2D eigenvalue weighted by atomic mass is 9.84. The molecule has 2 heterocycles. The molecule has 0 bridgehead atoms. The van der Waals surface area contributed by atoms with Gasteiger partial charge in [0.15, 0.2) is 0 Å². The Morgan fingerprint density at radius 3 is 2.52 bits per heavy atom. The molecule has 2 aliphatic heterocycles. The summed E-state index contributed by atoms with van der Waals surface area (Å²) in [6, 6.07) is 9.47. The number of likely N-dealkylation sites (tertiary alicyclic amines) is 1. The van der Waals surface area contributed by atoms with E-state index in [1.165, 1.54) is 0 Å². The molecule has 146 valence electrons. The molecule has 27 heavy (non-hydrogen) atoms. The Balaban J connectivity index is 1.62. The fourth-order valence-electron chi connectivity index (χ4n) is 3.69. The number of likely N-dealkylation sites (N-methyl/N-ethyl adjacent to an activating group) is 1. The second-order valence-electron chi connectivity index (χ2n) is 6.74. The van der Waals surface area contributed by atoms with Crippen LogP contribution in [0.3, 0.4) is 0 Å². The van der Waals surface area contributed by atoms with Gasteiger partial charge in [-0.3, -0.25) is 9.59 Å². The van der Waals surface area contributed by atoms with Gasteiger partial charge >= 0.3 is 6.09 Å². The van der Waals surface area contributed by atoms with Crippen molar-refractivity contribution in [2.75, 3.05) is 39.9 Å². The highest BCUT2D eigenvalue weighted by Gasteiger charge is 2.49. The van der Waals surface area contributed by atoms with E-state index in [0.717, 1.165) is 5.56 Å². The molecule has 0 aliphatic carbocycles. The molecule has 0 atom stereocenters. The van der Waals surface area contributed by atoms with Crippen molar-refractivity contribution >= 4 is 17.9 Å². The molecular formula is C19H25N3O5. The third kappa shape index (κ3) is 4.05. The number of nitrogens with zero attached hydrogens (tertiary/aromatic N) is 2. The van der Waals surface area contributed by atoms with E-state index in [-0.39, 0.29) is 25.0 Å². The van der Waals surface area contributed by atoms with E-state index in [2.05, 4.69) is 5.32 Å². The summed E-state index contributed by atoms with van der Waals surface area (Å²) < 4.78 is 10.6. The number of morpholine rings is 1. The predicted molar refractivity (Wildman–Crippen MR) is 96.8 cm³/mol. The number of piperidine rings is 1. The molecule has 2 fully saturated rings.